The van der Waals surface area contributed by atoms with Gasteiger partial charge in [-0.2, -0.15) is 4.99 Å². The highest BCUT2D eigenvalue weighted by Gasteiger charge is 2.48. The summed E-state index contributed by atoms with van der Waals surface area (Å²) in [5.41, 5.74) is 0.640. The van der Waals surface area contributed by atoms with E-state index in [4.69, 9.17) is 4.42 Å². The van der Waals surface area contributed by atoms with Crippen molar-refractivity contribution in [2.75, 3.05) is 0 Å². The summed E-state index contributed by atoms with van der Waals surface area (Å²) in [6, 6.07) is 1.88. The maximum absolute atomic E-state index is 10.2. The second kappa shape index (κ2) is 2.82. The third kappa shape index (κ3) is 1.36. The molecule has 1 saturated carbocycles. The average Bonchev–Trinajstić information content (AvgIpc) is 2.74. The van der Waals surface area contributed by atoms with Crippen LogP contribution in [0.3, 0.4) is 0 Å². The summed E-state index contributed by atoms with van der Waals surface area (Å²) >= 11 is 3.25. The maximum atomic E-state index is 10.2. The Morgan fingerprint density at radius 3 is 2.77 bits per heavy atom. The van der Waals surface area contributed by atoms with Crippen LogP contribution in [-0.2, 0) is 10.3 Å². The minimum Gasteiger partial charge on any atom is -0.451 e. The van der Waals surface area contributed by atoms with Gasteiger partial charge in [0.25, 0.3) is 0 Å². The fourth-order valence-corrected chi connectivity index (χ4v) is 2.01. The van der Waals surface area contributed by atoms with E-state index in [9.17, 15) is 4.79 Å². The van der Waals surface area contributed by atoms with E-state index in [-0.39, 0.29) is 0 Å². The summed E-state index contributed by atoms with van der Waals surface area (Å²) in [6.45, 7) is 1.95. The van der Waals surface area contributed by atoms with E-state index < -0.39 is 5.54 Å². The molecule has 0 aliphatic heterocycles. The molecular weight excluding hydrogens is 234 g/mol. The van der Waals surface area contributed by atoms with Crippen molar-refractivity contribution in [2.24, 2.45) is 4.99 Å². The van der Waals surface area contributed by atoms with E-state index in [0.29, 0.717) is 4.67 Å². The topological polar surface area (TPSA) is 42.6 Å². The molecule has 68 valence electrons. The van der Waals surface area contributed by atoms with Gasteiger partial charge in [-0.1, -0.05) is 0 Å². The fraction of sp³-hybridized carbons (Fsp3) is 0.444. The molecule has 1 aliphatic rings. The predicted molar refractivity (Wildman–Crippen MR) is 50.2 cm³/mol. The van der Waals surface area contributed by atoms with E-state index in [1.807, 2.05) is 13.0 Å². The summed E-state index contributed by atoms with van der Waals surface area (Å²) < 4.78 is 6.13. The highest BCUT2D eigenvalue weighted by molar-refractivity contribution is 9.10. The van der Waals surface area contributed by atoms with Crippen LogP contribution in [0, 0.1) is 6.92 Å². The lowest BCUT2D eigenvalue weighted by atomic mass is 10.1. The number of aryl methyl sites for hydroxylation is 1. The van der Waals surface area contributed by atoms with Gasteiger partial charge >= 0.3 is 0 Å². The molecule has 0 bridgehead atoms. The Kier molecular flexibility index (Phi) is 1.90. The maximum Gasteiger partial charge on any atom is 0.235 e. The quantitative estimate of drug-likeness (QED) is 0.591. The van der Waals surface area contributed by atoms with Gasteiger partial charge in [-0.3, -0.25) is 0 Å². The van der Waals surface area contributed by atoms with Gasteiger partial charge in [0.1, 0.15) is 11.3 Å². The largest absolute Gasteiger partial charge is 0.451 e. The standard InChI is InChI=1S/C9H8BrNO2/c1-6-4-7(10)13-8(6)9(2-3-9)11-5-12/h4H,2-3H2,1H3. The van der Waals surface area contributed by atoms with Crippen molar-refractivity contribution in [1.82, 2.24) is 0 Å². The summed E-state index contributed by atoms with van der Waals surface area (Å²) in [4.78, 5) is 14.0. The molecule has 2 rings (SSSR count). The first kappa shape index (κ1) is 8.73. The van der Waals surface area contributed by atoms with Gasteiger partial charge < -0.3 is 4.42 Å². The van der Waals surface area contributed by atoms with Crippen molar-refractivity contribution in [3.63, 3.8) is 0 Å². The molecule has 0 spiro atoms. The number of furan rings is 1. The summed E-state index contributed by atoms with van der Waals surface area (Å²) in [5, 5.41) is 0. The molecule has 0 radical (unpaired) electrons. The van der Waals surface area contributed by atoms with Crippen LogP contribution >= 0.6 is 15.9 Å². The monoisotopic (exact) mass is 241 g/mol. The smallest absolute Gasteiger partial charge is 0.235 e. The van der Waals surface area contributed by atoms with E-state index in [2.05, 4.69) is 20.9 Å². The molecular formula is C9H8BrNO2. The molecule has 1 aromatic heterocycles. The number of carbonyl (C=O) groups excluding carboxylic acids is 1. The molecule has 1 fully saturated rings. The molecule has 0 saturated heterocycles. The fourth-order valence-electron chi connectivity index (χ4n) is 1.50. The Morgan fingerprint density at radius 1 is 1.69 bits per heavy atom. The van der Waals surface area contributed by atoms with Crippen molar-refractivity contribution >= 4 is 22.0 Å². The Bertz CT molecular complexity index is 386. The molecule has 3 nitrogen and oxygen atoms in total. The first-order valence-electron chi connectivity index (χ1n) is 4.03. The van der Waals surface area contributed by atoms with Gasteiger partial charge in [-0.05, 0) is 47.3 Å². The first-order valence-corrected chi connectivity index (χ1v) is 4.83. The molecule has 0 N–H and O–H groups in total. The van der Waals surface area contributed by atoms with Crippen LogP contribution in [0.4, 0.5) is 0 Å². The van der Waals surface area contributed by atoms with Gasteiger partial charge in [0, 0.05) is 0 Å². The summed E-state index contributed by atoms with van der Waals surface area (Å²) in [6.07, 6.45) is 3.36. The van der Waals surface area contributed by atoms with Crippen molar-refractivity contribution in [2.45, 2.75) is 25.3 Å². The van der Waals surface area contributed by atoms with E-state index in [0.717, 1.165) is 24.2 Å². The predicted octanol–water partition coefficient (Wildman–Crippen LogP) is 2.68. The Balaban J connectivity index is 2.45. The normalized spacial score (nSPS) is 18.0. The molecule has 4 heteroatoms. The molecule has 1 aliphatic carbocycles. The second-order valence-corrected chi connectivity index (χ2v) is 4.08. The molecule has 1 heterocycles. The van der Waals surface area contributed by atoms with Crippen LogP contribution in [0.1, 0.15) is 24.2 Å². The number of rotatable bonds is 2. The SMILES string of the molecule is Cc1cc(Br)oc1C1(N=C=O)CC1. The van der Waals surface area contributed by atoms with Gasteiger partial charge in [0.15, 0.2) is 4.67 Å². The van der Waals surface area contributed by atoms with Crippen LogP contribution < -0.4 is 0 Å². The number of isocyanates is 1. The zero-order chi connectivity index (χ0) is 9.47. The van der Waals surface area contributed by atoms with Crippen LogP contribution in [0.15, 0.2) is 20.1 Å². The van der Waals surface area contributed by atoms with Crippen LogP contribution in [0.2, 0.25) is 0 Å². The molecule has 0 amide bonds. The van der Waals surface area contributed by atoms with Gasteiger partial charge in [0.2, 0.25) is 6.08 Å². The average molecular weight is 242 g/mol. The molecule has 1 aromatic rings. The lowest BCUT2D eigenvalue weighted by Crippen LogP contribution is -2.01. The zero-order valence-electron chi connectivity index (χ0n) is 7.13. The highest BCUT2D eigenvalue weighted by atomic mass is 79.9. The third-order valence-electron chi connectivity index (χ3n) is 2.29. The zero-order valence-corrected chi connectivity index (χ0v) is 8.72. The minimum absolute atomic E-state index is 0.391. The highest BCUT2D eigenvalue weighted by Crippen LogP contribution is 2.51. The van der Waals surface area contributed by atoms with Gasteiger partial charge in [-0.15, -0.1) is 0 Å². The first-order chi connectivity index (χ1) is 6.18. The lowest BCUT2D eigenvalue weighted by molar-refractivity contribution is 0.437. The van der Waals surface area contributed by atoms with Crippen LogP contribution in [0.5, 0.6) is 0 Å². The molecule has 0 aromatic carbocycles. The molecule has 0 atom stereocenters. The number of halogens is 1. The molecule has 13 heavy (non-hydrogen) atoms. The number of hydrogen-bond acceptors (Lipinski definition) is 3. The van der Waals surface area contributed by atoms with Crippen LogP contribution in [-0.4, -0.2) is 6.08 Å². The van der Waals surface area contributed by atoms with Gasteiger partial charge in [0.05, 0.1) is 0 Å². The van der Waals surface area contributed by atoms with E-state index in [1.54, 1.807) is 6.08 Å². The second-order valence-electron chi connectivity index (χ2n) is 3.30. The van der Waals surface area contributed by atoms with E-state index >= 15 is 0 Å². The molecule has 0 unspecified atom stereocenters. The lowest BCUT2D eigenvalue weighted by Gasteiger charge is -2.03. The third-order valence-corrected chi connectivity index (χ3v) is 2.68. The number of hydrogen-bond donors (Lipinski definition) is 0. The summed E-state index contributed by atoms with van der Waals surface area (Å²) in [5.74, 6) is 0.794. The van der Waals surface area contributed by atoms with Crippen molar-refractivity contribution in [1.29, 1.82) is 0 Å². The number of aliphatic imine (C=N–C) groups is 1. The van der Waals surface area contributed by atoms with Gasteiger partial charge in [-0.25, -0.2) is 4.79 Å². The minimum atomic E-state index is -0.391. The Labute approximate surface area is 84.0 Å². The van der Waals surface area contributed by atoms with Crippen LogP contribution in [0.25, 0.3) is 0 Å². The van der Waals surface area contributed by atoms with Crippen molar-refractivity contribution in [3.05, 3.63) is 22.1 Å². The Hall–Kier alpha value is -0.860. The van der Waals surface area contributed by atoms with E-state index in [1.165, 1.54) is 0 Å². The number of nitrogens with zero attached hydrogens (tertiary/aromatic N) is 1. The Morgan fingerprint density at radius 2 is 2.38 bits per heavy atom. The van der Waals surface area contributed by atoms with Crippen molar-refractivity contribution < 1.29 is 9.21 Å². The summed E-state index contributed by atoms with van der Waals surface area (Å²) in [7, 11) is 0. The van der Waals surface area contributed by atoms with Crippen molar-refractivity contribution in [3.8, 4) is 0 Å².